The number of aromatic nitrogens is 2. The van der Waals surface area contributed by atoms with Crippen molar-refractivity contribution in [3.63, 3.8) is 0 Å². The molecule has 1 saturated heterocycles. The number of ether oxygens (including phenoxy) is 1. The van der Waals surface area contributed by atoms with Gasteiger partial charge in [-0.1, -0.05) is 0 Å². The van der Waals surface area contributed by atoms with E-state index in [1.165, 1.54) is 6.07 Å². The largest absolute Gasteiger partial charge is 0.444 e. The van der Waals surface area contributed by atoms with Crippen LogP contribution in [0.25, 0.3) is 0 Å². The molecular formula is C15H23N3O4S. The van der Waals surface area contributed by atoms with Crippen molar-refractivity contribution >= 4 is 15.9 Å². The van der Waals surface area contributed by atoms with Crippen LogP contribution in [-0.4, -0.2) is 54.1 Å². The Morgan fingerprint density at radius 1 is 1.35 bits per heavy atom. The van der Waals surface area contributed by atoms with Crippen LogP contribution in [0.1, 0.15) is 32.9 Å². The monoisotopic (exact) mass is 341 g/mol. The number of likely N-dealkylation sites (tertiary alicyclic amines) is 1. The number of rotatable bonds is 3. The van der Waals surface area contributed by atoms with E-state index in [9.17, 15) is 13.2 Å². The van der Waals surface area contributed by atoms with Gasteiger partial charge in [0.1, 0.15) is 5.60 Å². The van der Waals surface area contributed by atoms with Gasteiger partial charge in [-0.05, 0) is 52.2 Å². The van der Waals surface area contributed by atoms with Crippen LogP contribution in [0.15, 0.2) is 17.2 Å². The minimum atomic E-state index is -3.50. The summed E-state index contributed by atoms with van der Waals surface area (Å²) in [7, 11) is -3.50. The lowest BCUT2D eigenvalue weighted by Gasteiger charge is -2.24. The van der Waals surface area contributed by atoms with E-state index in [2.05, 4.69) is 10.2 Å². The highest BCUT2D eigenvalue weighted by molar-refractivity contribution is 7.91. The number of nitrogens with zero attached hydrogens (tertiary/aromatic N) is 3. The molecule has 1 aromatic rings. The molecule has 1 aliphatic rings. The summed E-state index contributed by atoms with van der Waals surface area (Å²) >= 11 is 0. The Morgan fingerprint density at radius 3 is 2.61 bits per heavy atom. The summed E-state index contributed by atoms with van der Waals surface area (Å²) in [5.74, 6) is -0.153. The average molecular weight is 341 g/mol. The number of aryl methyl sites for hydroxylation is 1. The molecule has 0 unspecified atom stereocenters. The Hall–Kier alpha value is -1.70. The molecule has 1 aromatic heterocycles. The number of hydrogen-bond acceptors (Lipinski definition) is 6. The molecule has 128 valence electrons. The Labute approximate surface area is 137 Å². The highest BCUT2D eigenvalue weighted by Crippen LogP contribution is 2.22. The van der Waals surface area contributed by atoms with Crippen LogP contribution in [0.5, 0.6) is 0 Å². The molecule has 0 radical (unpaired) electrons. The van der Waals surface area contributed by atoms with Gasteiger partial charge in [0.05, 0.1) is 11.4 Å². The number of hydrogen-bond donors (Lipinski definition) is 0. The lowest BCUT2D eigenvalue weighted by atomic mass is 10.2. The van der Waals surface area contributed by atoms with Crippen LogP contribution in [0.4, 0.5) is 4.79 Å². The van der Waals surface area contributed by atoms with E-state index in [1.54, 1.807) is 38.7 Å². The lowest BCUT2D eigenvalue weighted by Crippen LogP contribution is -2.35. The summed E-state index contributed by atoms with van der Waals surface area (Å²) in [5, 5.41) is 7.53. The molecule has 0 N–H and O–H groups in total. The standard InChI is InChI=1S/C15H23N3O4S/c1-11-5-6-13(17-16-11)23(20,21)10-12-7-8-18(9-12)14(19)22-15(2,3)4/h5-6,12H,7-10H2,1-4H3/t12-/m1/s1. The second-order valence-electron chi connectivity index (χ2n) is 6.88. The molecule has 1 fully saturated rings. The summed E-state index contributed by atoms with van der Waals surface area (Å²) in [4.78, 5) is 13.6. The maximum atomic E-state index is 12.4. The molecule has 8 heteroatoms. The quantitative estimate of drug-likeness (QED) is 0.833. The van der Waals surface area contributed by atoms with E-state index in [0.29, 0.717) is 25.2 Å². The summed E-state index contributed by atoms with van der Waals surface area (Å²) in [6.07, 6.45) is 0.241. The molecule has 0 saturated carbocycles. The second kappa shape index (κ2) is 6.43. The molecule has 0 aliphatic carbocycles. The van der Waals surface area contributed by atoms with Gasteiger partial charge in [-0.2, -0.15) is 5.10 Å². The molecule has 0 aromatic carbocycles. The Bertz CT molecular complexity index is 665. The first kappa shape index (κ1) is 17.7. The third-order valence-corrected chi connectivity index (χ3v) is 5.25. The highest BCUT2D eigenvalue weighted by atomic mass is 32.2. The van der Waals surface area contributed by atoms with Crippen molar-refractivity contribution in [1.29, 1.82) is 0 Å². The van der Waals surface area contributed by atoms with Crippen LogP contribution in [-0.2, 0) is 14.6 Å². The molecule has 0 spiro atoms. The predicted octanol–water partition coefficient (Wildman–Crippen LogP) is 1.82. The van der Waals surface area contributed by atoms with E-state index >= 15 is 0 Å². The van der Waals surface area contributed by atoms with Crippen molar-refractivity contribution in [2.24, 2.45) is 5.92 Å². The zero-order valence-corrected chi connectivity index (χ0v) is 14.8. The molecule has 7 nitrogen and oxygen atoms in total. The van der Waals surface area contributed by atoms with E-state index in [4.69, 9.17) is 4.74 Å². The second-order valence-corrected chi connectivity index (χ2v) is 8.86. The first-order chi connectivity index (χ1) is 10.6. The maximum absolute atomic E-state index is 12.4. The first-order valence-corrected chi connectivity index (χ1v) is 9.23. The van der Waals surface area contributed by atoms with Gasteiger partial charge in [-0.15, -0.1) is 5.10 Å². The summed E-state index contributed by atoms with van der Waals surface area (Å²) < 4.78 is 30.0. The van der Waals surface area contributed by atoms with Crippen LogP contribution in [0.3, 0.4) is 0 Å². The van der Waals surface area contributed by atoms with Crippen LogP contribution < -0.4 is 0 Å². The van der Waals surface area contributed by atoms with E-state index in [0.717, 1.165) is 0 Å². The molecule has 1 atom stereocenters. The SMILES string of the molecule is Cc1ccc(S(=O)(=O)C[C@@H]2CCN(C(=O)OC(C)(C)C)C2)nn1. The molecule has 2 rings (SSSR count). The molecule has 2 heterocycles. The van der Waals surface area contributed by atoms with Crippen LogP contribution in [0, 0.1) is 12.8 Å². The summed E-state index contributed by atoms with van der Waals surface area (Å²) in [6.45, 7) is 8.05. The number of carbonyl (C=O) groups excluding carboxylic acids is 1. The molecule has 23 heavy (non-hydrogen) atoms. The Morgan fingerprint density at radius 2 is 2.04 bits per heavy atom. The van der Waals surface area contributed by atoms with E-state index in [-0.39, 0.29) is 16.7 Å². The number of amides is 1. The van der Waals surface area contributed by atoms with Crippen molar-refractivity contribution in [3.05, 3.63) is 17.8 Å². The van der Waals surface area contributed by atoms with Gasteiger partial charge < -0.3 is 9.64 Å². The highest BCUT2D eigenvalue weighted by Gasteiger charge is 2.33. The lowest BCUT2D eigenvalue weighted by molar-refractivity contribution is 0.0289. The summed E-state index contributed by atoms with van der Waals surface area (Å²) in [5.41, 5.74) is 0.111. The van der Waals surface area contributed by atoms with Gasteiger partial charge in [0, 0.05) is 13.1 Å². The number of carbonyl (C=O) groups is 1. The molecule has 0 bridgehead atoms. The van der Waals surface area contributed by atoms with Crippen molar-refractivity contribution in [3.8, 4) is 0 Å². The third kappa shape index (κ3) is 4.89. The maximum Gasteiger partial charge on any atom is 0.410 e. The molecular weight excluding hydrogens is 318 g/mol. The van der Waals surface area contributed by atoms with E-state index < -0.39 is 21.5 Å². The van der Waals surface area contributed by atoms with Crippen molar-refractivity contribution in [1.82, 2.24) is 15.1 Å². The van der Waals surface area contributed by atoms with Gasteiger partial charge in [0.25, 0.3) is 0 Å². The molecule has 1 amide bonds. The van der Waals surface area contributed by atoms with Gasteiger partial charge in [0.2, 0.25) is 0 Å². The minimum absolute atomic E-state index is 0.0150. The minimum Gasteiger partial charge on any atom is -0.444 e. The van der Waals surface area contributed by atoms with Crippen molar-refractivity contribution in [2.45, 2.75) is 44.7 Å². The fourth-order valence-corrected chi connectivity index (χ4v) is 3.91. The fraction of sp³-hybridized carbons (Fsp3) is 0.667. The van der Waals surface area contributed by atoms with Gasteiger partial charge in [-0.3, -0.25) is 0 Å². The van der Waals surface area contributed by atoms with E-state index in [1.807, 2.05) is 0 Å². The third-order valence-electron chi connectivity index (χ3n) is 3.48. The Balaban J connectivity index is 1.97. The first-order valence-electron chi connectivity index (χ1n) is 7.58. The smallest absolute Gasteiger partial charge is 0.410 e. The van der Waals surface area contributed by atoms with Crippen LogP contribution in [0.2, 0.25) is 0 Å². The van der Waals surface area contributed by atoms with Crippen molar-refractivity contribution in [2.75, 3.05) is 18.8 Å². The summed E-state index contributed by atoms with van der Waals surface area (Å²) in [6, 6.07) is 3.10. The zero-order valence-electron chi connectivity index (χ0n) is 13.9. The topological polar surface area (TPSA) is 89.5 Å². The zero-order chi connectivity index (χ0) is 17.3. The average Bonchev–Trinajstić information content (AvgIpc) is 2.85. The van der Waals surface area contributed by atoms with Gasteiger partial charge in [0.15, 0.2) is 14.9 Å². The van der Waals surface area contributed by atoms with Gasteiger partial charge >= 0.3 is 6.09 Å². The van der Waals surface area contributed by atoms with Crippen molar-refractivity contribution < 1.29 is 17.9 Å². The van der Waals surface area contributed by atoms with Gasteiger partial charge in [-0.25, -0.2) is 13.2 Å². The normalized spacial score (nSPS) is 19.0. The Kier molecular flexibility index (Phi) is 4.93. The fourth-order valence-electron chi connectivity index (χ4n) is 2.41. The number of sulfone groups is 1. The van der Waals surface area contributed by atoms with Crippen LogP contribution >= 0.6 is 0 Å². The molecule has 1 aliphatic heterocycles. The predicted molar refractivity (Wildman–Crippen MR) is 84.7 cm³/mol.